The van der Waals surface area contributed by atoms with Gasteiger partial charge < -0.3 is 26.0 Å². The van der Waals surface area contributed by atoms with E-state index in [2.05, 4.69) is 16.0 Å². The zero-order valence-corrected chi connectivity index (χ0v) is 21.1. The Labute approximate surface area is 213 Å². The van der Waals surface area contributed by atoms with Crippen molar-refractivity contribution in [3.8, 4) is 0 Å². The third-order valence-corrected chi connectivity index (χ3v) is 6.59. The fourth-order valence-corrected chi connectivity index (χ4v) is 4.81. The average Bonchev–Trinajstić information content (AvgIpc) is 2.86. The highest BCUT2D eigenvalue weighted by Crippen LogP contribution is 2.18. The van der Waals surface area contributed by atoms with Crippen LogP contribution >= 0.6 is 0 Å². The molecule has 2 aromatic rings. The van der Waals surface area contributed by atoms with Gasteiger partial charge in [0.1, 0.15) is 6.04 Å². The first-order valence-electron chi connectivity index (χ1n) is 12.7. The number of benzene rings is 2. The first-order chi connectivity index (χ1) is 17.4. The summed E-state index contributed by atoms with van der Waals surface area (Å²) in [7, 11) is 0. The predicted molar refractivity (Wildman–Crippen MR) is 139 cm³/mol. The van der Waals surface area contributed by atoms with Crippen molar-refractivity contribution >= 4 is 18.3 Å². The van der Waals surface area contributed by atoms with Gasteiger partial charge in [0.2, 0.25) is 12.3 Å². The minimum Gasteiger partial charge on any atom is -0.391 e. The van der Waals surface area contributed by atoms with E-state index >= 15 is 0 Å². The minimum absolute atomic E-state index is 0.0845. The van der Waals surface area contributed by atoms with Gasteiger partial charge in [0, 0.05) is 19.1 Å². The van der Waals surface area contributed by atoms with Gasteiger partial charge in [0.15, 0.2) is 0 Å². The lowest BCUT2D eigenvalue weighted by Crippen LogP contribution is -2.59. The smallest absolute Gasteiger partial charge is 0.318 e. The van der Waals surface area contributed by atoms with Crippen LogP contribution in [0.2, 0.25) is 0 Å². The number of hydrogen-bond acceptors (Lipinski definition) is 4. The molecule has 4 amide bonds. The molecular formula is C28H38N4O4. The van der Waals surface area contributed by atoms with Crippen LogP contribution in [0.1, 0.15) is 37.8 Å². The van der Waals surface area contributed by atoms with Crippen molar-refractivity contribution in [3.63, 3.8) is 0 Å². The molecule has 36 heavy (non-hydrogen) atoms. The molecule has 0 saturated carbocycles. The highest BCUT2D eigenvalue weighted by Gasteiger charge is 2.35. The molecule has 1 saturated heterocycles. The summed E-state index contributed by atoms with van der Waals surface area (Å²) in [6.45, 7) is 4.99. The normalized spacial score (nSPS) is 17.0. The molecule has 1 heterocycles. The van der Waals surface area contributed by atoms with Gasteiger partial charge in [-0.15, -0.1) is 0 Å². The van der Waals surface area contributed by atoms with Gasteiger partial charge in [-0.25, -0.2) is 4.79 Å². The topological polar surface area (TPSA) is 111 Å². The molecule has 0 unspecified atom stereocenters. The van der Waals surface area contributed by atoms with E-state index in [0.717, 1.165) is 17.5 Å². The summed E-state index contributed by atoms with van der Waals surface area (Å²) in [5.74, 6) is -0.322. The summed E-state index contributed by atoms with van der Waals surface area (Å²) in [4.78, 5) is 38.9. The van der Waals surface area contributed by atoms with Crippen molar-refractivity contribution in [2.24, 2.45) is 5.92 Å². The lowest BCUT2D eigenvalue weighted by atomic mass is 9.93. The lowest BCUT2D eigenvalue weighted by Gasteiger charge is -2.37. The van der Waals surface area contributed by atoms with Crippen LogP contribution in [0.25, 0.3) is 0 Å². The molecule has 0 aliphatic carbocycles. The van der Waals surface area contributed by atoms with Gasteiger partial charge in [0.25, 0.3) is 0 Å². The van der Waals surface area contributed by atoms with Crippen molar-refractivity contribution in [1.29, 1.82) is 0 Å². The maximum absolute atomic E-state index is 13.5. The van der Waals surface area contributed by atoms with Crippen LogP contribution in [-0.4, -0.2) is 65.7 Å². The van der Waals surface area contributed by atoms with Gasteiger partial charge in [-0.1, -0.05) is 74.5 Å². The van der Waals surface area contributed by atoms with Crippen LogP contribution in [0.5, 0.6) is 0 Å². The Morgan fingerprint density at radius 3 is 2.22 bits per heavy atom. The Bertz CT molecular complexity index is 970. The maximum atomic E-state index is 13.5. The van der Waals surface area contributed by atoms with Crippen LogP contribution < -0.4 is 16.0 Å². The number of amides is 4. The zero-order valence-electron chi connectivity index (χ0n) is 21.1. The first kappa shape index (κ1) is 27.2. The lowest BCUT2D eigenvalue weighted by molar-refractivity contribution is -0.128. The molecule has 1 aliphatic rings. The number of urea groups is 1. The van der Waals surface area contributed by atoms with E-state index in [-0.39, 0.29) is 24.3 Å². The molecule has 1 fully saturated rings. The Morgan fingerprint density at radius 1 is 1.06 bits per heavy atom. The second-order valence-corrected chi connectivity index (χ2v) is 9.75. The molecule has 1 aliphatic heterocycles. The molecule has 194 valence electrons. The van der Waals surface area contributed by atoms with Crippen LogP contribution in [0.15, 0.2) is 60.7 Å². The van der Waals surface area contributed by atoms with Crippen molar-refractivity contribution in [2.45, 2.75) is 63.8 Å². The number of carbonyl (C=O) groups excluding carboxylic acids is 3. The SMILES string of the molecule is CC(C)[C@@H](C(=O)N[C@@H](Cc1ccccc1)C[C@H](O)[C@H](Cc1ccccc1)NC=O)N1CCCNC1=O. The van der Waals surface area contributed by atoms with E-state index in [0.29, 0.717) is 32.3 Å². The second kappa shape index (κ2) is 13.6. The quantitative estimate of drug-likeness (QED) is 0.320. The van der Waals surface area contributed by atoms with E-state index in [9.17, 15) is 19.5 Å². The number of rotatable bonds is 13. The fourth-order valence-electron chi connectivity index (χ4n) is 4.81. The molecule has 8 heteroatoms. The molecule has 0 bridgehead atoms. The van der Waals surface area contributed by atoms with Gasteiger partial charge >= 0.3 is 6.03 Å². The van der Waals surface area contributed by atoms with Gasteiger partial charge in [0.05, 0.1) is 12.1 Å². The Morgan fingerprint density at radius 2 is 1.67 bits per heavy atom. The van der Waals surface area contributed by atoms with Gasteiger partial charge in [-0.2, -0.15) is 0 Å². The molecule has 0 radical (unpaired) electrons. The summed E-state index contributed by atoms with van der Waals surface area (Å²) in [5, 5.41) is 19.8. The molecule has 3 rings (SSSR count). The van der Waals surface area contributed by atoms with E-state index in [4.69, 9.17) is 0 Å². The van der Waals surface area contributed by atoms with Crippen molar-refractivity contribution in [1.82, 2.24) is 20.9 Å². The average molecular weight is 495 g/mol. The monoisotopic (exact) mass is 494 g/mol. The molecule has 0 spiro atoms. The Balaban J connectivity index is 1.77. The van der Waals surface area contributed by atoms with Crippen LogP contribution in [0, 0.1) is 5.92 Å². The number of hydrogen-bond donors (Lipinski definition) is 4. The van der Waals surface area contributed by atoms with E-state index < -0.39 is 24.2 Å². The third-order valence-electron chi connectivity index (χ3n) is 6.59. The van der Waals surface area contributed by atoms with Gasteiger partial charge in [-0.05, 0) is 42.7 Å². The van der Waals surface area contributed by atoms with E-state index in [1.165, 1.54) is 0 Å². The number of carbonyl (C=O) groups is 3. The van der Waals surface area contributed by atoms with Crippen molar-refractivity contribution < 1.29 is 19.5 Å². The largest absolute Gasteiger partial charge is 0.391 e. The van der Waals surface area contributed by atoms with Crippen LogP contribution in [0.4, 0.5) is 4.79 Å². The Kier molecular flexibility index (Phi) is 10.3. The zero-order chi connectivity index (χ0) is 25.9. The summed E-state index contributed by atoms with van der Waals surface area (Å²) in [5.41, 5.74) is 2.02. The molecule has 2 aromatic carbocycles. The Hall–Kier alpha value is -3.39. The summed E-state index contributed by atoms with van der Waals surface area (Å²) >= 11 is 0. The number of aliphatic hydroxyl groups excluding tert-OH is 1. The standard InChI is InChI=1S/C28H38N4O4/c1-20(2)26(32-15-9-14-29-28(32)36)27(35)31-23(16-21-10-5-3-6-11-21)18-25(34)24(30-19-33)17-22-12-7-4-8-13-22/h3-8,10-13,19-20,23-26,34H,9,14-18H2,1-2H3,(H,29,36)(H,30,33)(H,31,35)/t23-,24-,25-,26-/m0/s1. The number of nitrogens with one attached hydrogen (secondary N) is 3. The number of nitrogens with zero attached hydrogens (tertiary/aromatic N) is 1. The minimum atomic E-state index is -0.889. The van der Waals surface area contributed by atoms with Crippen molar-refractivity contribution in [3.05, 3.63) is 71.8 Å². The molecule has 8 nitrogen and oxygen atoms in total. The molecule has 4 N–H and O–H groups in total. The highest BCUT2D eigenvalue weighted by atomic mass is 16.3. The molecule has 4 atom stereocenters. The van der Waals surface area contributed by atoms with Gasteiger partial charge in [-0.3, -0.25) is 9.59 Å². The van der Waals surface area contributed by atoms with E-state index in [1.807, 2.05) is 74.5 Å². The van der Waals surface area contributed by atoms with E-state index in [1.54, 1.807) is 4.90 Å². The molecular weight excluding hydrogens is 456 g/mol. The maximum Gasteiger partial charge on any atom is 0.318 e. The van der Waals surface area contributed by atoms with Crippen molar-refractivity contribution in [2.75, 3.05) is 13.1 Å². The summed E-state index contributed by atoms with van der Waals surface area (Å²) in [6, 6.07) is 17.7. The second-order valence-electron chi connectivity index (χ2n) is 9.75. The fraction of sp³-hybridized carbons (Fsp3) is 0.464. The van der Waals surface area contributed by atoms with Crippen LogP contribution in [0.3, 0.4) is 0 Å². The van der Waals surface area contributed by atoms with Crippen LogP contribution in [-0.2, 0) is 22.4 Å². The predicted octanol–water partition coefficient (Wildman–Crippen LogP) is 2.26. The third kappa shape index (κ3) is 7.81. The number of aliphatic hydroxyl groups is 1. The highest BCUT2D eigenvalue weighted by molar-refractivity contribution is 5.87. The molecule has 0 aromatic heterocycles. The summed E-state index contributed by atoms with van der Waals surface area (Å²) < 4.78 is 0. The summed E-state index contributed by atoms with van der Waals surface area (Å²) in [6.07, 6.45) is 1.73. The first-order valence-corrected chi connectivity index (χ1v) is 12.7.